The number of nitrogens with zero attached hydrogens (tertiary/aromatic N) is 6. The number of nitrogens with one attached hydrogen (secondary N) is 2. The van der Waals surface area contributed by atoms with E-state index in [-0.39, 0.29) is 0 Å². The lowest BCUT2D eigenvalue weighted by Crippen LogP contribution is -1.96. The molecule has 4 aromatic rings. The minimum Gasteiger partial charge on any atom is -0.210 e. The molecule has 2 aromatic carbocycles. The fraction of sp³-hybridized carbons (Fsp3) is 0.125. The zero-order chi connectivity index (χ0) is 18.5. The Bertz CT molecular complexity index is 997. The van der Waals surface area contributed by atoms with Gasteiger partial charge in [0.15, 0.2) is 0 Å². The average molecular weight is 384 g/mol. The van der Waals surface area contributed by atoms with Crippen molar-refractivity contribution in [3.63, 3.8) is 0 Å². The van der Waals surface area contributed by atoms with Crippen LogP contribution in [0.15, 0.2) is 48.5 Å². The van der Waals surface area contributed by atoms with Crippen molar-refractivity contribution in [3.05, 3.63) is 69.2 Å². The van der Waals surface area contributed by atoms with Crippen molar-refractivity contribution < 1.29 is 0 Å². The van der Waals surface area contributed by atoms with Gasteiger partial charge in [0.25, 0.3) is 0 Å². The molecular weight excluding hydrogens is 368 g/mol. The quantitative estimate of drug-likeness (QED) is 0.515. The molecule has 0 spiro atoms. The van der Waals surface area contributed by atoms with Crippen LogP contribution in [0.2, 0.25) is 0 Å². The van der Waals surface area contributed by atoms with E-state index in [1.165, 1.54) is 11.1 Å². The summed E-state index contributed by atoms with van der Waals surface area (Å²) in [4.78, 5) is 0. The van der Waals surface area contributed by atoms with E-state index in [1.807, 2.05) is 62.4 Å². The highest BCUT2D eigenvalue weighted by Gasteiger charge is 1.98. The lowest BCUT2D eigenvalue weighted by Gasteiger charge is -1.99. The number of hydrogen-bond acceptors (Lipinski definition) is 6. The van der Waals surface area contributed by atoms with Crippen molar-refractivity contribution in [1.82, 2.24) is 40.4 Å². The smallest absolute Gasteiger partial charge is 0.210 e. The number of H-pyrrole nitrogens is 2. The van der Waals surface area contributed by atoms with Crippen LogP contribution >= 0.6 is 24.4 Å². The number of aromatic amines is 2. The van der Waals surface area contributed by atoms with Crippen LogP contribution in [0.4, 0.5) is 0 Å². The summed E-state index contributed by atoms with van der Waals surface area (Å²) in [6.45, 7) is 4.07. The second kappa shape index (κ2) is 7.93. The van der Waals surface area contributed by atoms with Crippen molar-refractivity contribution in [2.24, 2.45) is 0 Å². The van der Waals surface area contributed by atoms with E-state index >= 15 is 0 Å². The fourth-order valence-corrected chi connectivity index (χ4v) is 2.49. The second-order valence-electron chi connectivity index (χ2n) is 5.51. The van der Waals surface area contributed by atoms with E-state index < -0.39 is 0 Å². The van der Waals surface area contributed by atoms with Crippen LogP contribution in [0.1, 0.15) is 11.1 Å². The molecule has 132 valence electrons. The Kier molecular flexibility index (Phi) is 5.44. The van der Waals surface area contributed by atoms with E-state index in [9.17, 15) is 0 Å². The van der Waals surface area contributed by atoms with Crippen LogP contribution < -0.4 is 0 Å². The van der Waals surface area contributed by atoms with Gasteiger partial charge in [-0.05, 0) is 62.5 Å². The average Bonchev–Trinajstić information content (AvgIpc) is 3.25. The Balaban J connectivity index is 0.000000151. The summed E-state index contributed by atoms with van der Waals surface area (Å²) in [5, 5.41) is 20.0. The van der Waals surface area contributed by atoms with Gasteiger partial charge in [-0.25, -0.2) is 9.36 Å². The molecule has 0 aliphatic rings. The highest BCUT2D eigenvalue weighted by molar-refractivity contribution is 7.71. The Morgan fingerprint density at radius 2 is 1.00 bits per heavy atom. The molecule has 0 unspecified atom stereocenters. The van der Waals surface area contributed by atoms with Gasteiger partial charge in [-0.15, -0.1) is 0 Å². The maximum absolute atomic E-state index is 4.96. The summed E-state index contributed by atoms with van der Waals surface area (Å²) in [7, 11) is 0. The van der Waals surface area contributed by atoms with Crippen LogP contribution in [0, 0.1) is 23.4 Å². The number of hydrogen-bond donors (Lipinski definition) is 2. The molecule has 2 N–H and O–H groups in total. The van der Waals surface area contributed by atoms with E-state index in [0.717, 1.165) is 11.4 Å². The third-order valence-corrected chi connectivity index (χ3v) is 4.06. The maximum Gasteiger partial charge on any atom is 0.242 e. The molecule has 0 saturated carbocycles. The fourth-order valence-electron chi connectivity index (χ4n) is 2.12. The molecule has 0 aliphatic heterocycles. The van der Waals surface area contributed by atoms with Gasteiger partial charge in [-0.2, -0.15) is 10.4 Å². The molecule has 4 rings (SSSR count). The van der Waals surface area contributed by atoms with Gasteiger partial charge in [0.1, 0.15) is 0 Å². The van der Waals surface area contributed by atoms with Gasteiger partial charge in [-0.1, -0.05) is 56.0 Å². The normalized spacial score (nSPS) is 10.2. The molecule has 0 atom stereocenters. The molecule has 10 heteroatoms. The monoisotopic (exact) mass is 384 g/mol. The number of rotatable bonds is 2. The predicted molar refractivity (Wildman–Crippen MR) is 103 cm³/mol. The minimum absolute atomic E-state index is 0.434. The van der Waals surface area contributed by atoms with E-state index in [2.05, 4.69) is 31.1 Å². The molecular formula is C16H16N8S2. The van der Waals surface area contributed by atoms with Crippen LogP contribution in [0.5, 0.6) is 0 Å². The number of aromatic nitrogens is 8. The second-order valence-corrected chi connectivity index (χ2v) is 6.24. The predicted octanol–water partition coefficient (Wildman–Crippen LogP) is 3.27. The van der Waals surface area contributed by atoms with Crippen LogP contribution in [0.3, 0.4) is 0 Å². The summed E-state index contributed by atoms with van der Waals surface area (Å²) in [6, 6.07) is 15.9. The zero-order valence-electron chi connectivity index (χ0n) is 14.1. The maximum atomic E-state index is 4.96. The first-order chi connectivity index (χ1) is 12.5. The van der Waals surface area contributed by atoms with Gasteiger partial charge in [0.05, 0.1) is 11.4 Å². The van der Waals surface area contributed by atoms with Crippen molar-refractivity contribution >= 4 is 24.4 Å². The summed E-state index contributed by atoms with van der Waals surface area (Å²) < 4.78 is 4.16. The van der Waals surface area contributed by atoms with Crippen molar-refractivity contribution in [2.45, 2.75) is 13.8 Å². The Hall–Kier alpha value is -2.98. The van der Waals surface area contributed by atoms with Crippen LogP contribution in [-0.4, -0.2) is 40.4 Å². The molecule has 0 bridgehead atoms. The molecule has 2 aromatic heterocycles. The Morgan fingerprint density at radius 1 is 0.654 bits per heavy atom. The molecule has 26 heavy (non-hydrogen) atoms. The lowest BCUT2D eigenvalue weighted by molar-refractivity contribution is 0.786. The first-order valence-corrected chi connectivity index (χ1v) is 8.50. The highest BCUT2D eigenvalue weighted by Crippen LogP contribution is 2.07. The van der Waals surface area contributed by atoms with Crippen molar-refractivity contribution in [3.8, 4) is 11.4 Å². The first kappa shape index (κ1) is 17.8. The third-order valence-electron chi connectivity index (χ3n) is 3.53. The van der Waals surface area contributed by atoms with Gasteiger partial charge in [0.2, 0.25) is 9.54 Å². The number of tetrazole rings is 2. The summed E-state index contributed by atoms with van der Waals surface area (Å²) >= 11 is 9.92. The molecule has 2 heterocycles. The number of aryl methyl sites for hydroxylation is 2. The van der Waals surface area contributed by atoms with Crippen molar-refractivity contribution in [2.75, 3.05) is 0 Å². The summed E-state index contributed by atoms with van der Waals surface area (Å²) in [5.41, 5.74) is 4.31. The molecule has 8 nitrogen and oxygen atoms in total. The molecule has 0 radical (unpaired) electrons. The Labute approximate surface area is 159 Å². The van der Waals surface area contributed by atoms with E-state index in [4.69, 9.17) is 24.4 Å². The Morgan fingerprint density at radius 3 is 1.27 bits per heavy atom. The van der Waals surface area contributed by atoms with Gasteiger partial charge >= 0.3 is 0 Å². The number of benzene rings is 2. The molecule has 0 aliphatic carbocycles. The molecule has 0 saturated heterocycles. The van der Waals surface area contributed by atoms with Gasteiger partial charge in [0, 0.05) is 0 Å². The van der Waals surface area contributed by atoms with E-state index in [1.54, 1.807) is 9.36 Å². The zero-order valence-corrected chi connectivity index (χ0v) is 15.8. The SMILES string of the molecule is Cc1ccc(-n2[nH]nnc2=S)cc1.Cc1ccc(-n2[nH]nnc2=S)cc1. The highest BCUT2D eigenvalue weighted by atomic mass is 32.1. The summed E-state index contributed by atoms with van der Waals surface area (Å²) in [5.74, 6) is 0. The standard InChI is InChI=1S/2C8H8N4S/c2*1-6-2-4-7(5-3-6)12-8(13)9-10-11-12/h2*2-5H,1H3,(H,9,11,13). The summed E-state index contributed by atoms with van der Waals surface area (Å²) in [6.07, 6.45) is 0. The van der Waals surface area contributed by atoms with Gasteiger partial charge in [-0.3, -0.25) is 0 Å². The van der Waals surface area contributed by atoms with Gasteiger partial charge < -0.3 is 0 Å². The van der Waals surface area contributed by atoms with Crippen LogP contribution in [0.25, 0.3) is 11.4 Å². The third kappa shape index (κ3) is 4.16. The molecule has 0 fully saturated rings. The topological polar surface area (TPSA) is 93.0 Å². The van der Waals surface area contributed by atoms with E-state index in [0.29, 0.717) is 9.54 Å². The first-order valence-electron chi connectivity index (χ1n) is 7.69. The molecule has 0 amide bonds. The largest absolute Gasteiger partial charge is 0.242 e. The lowest BCUT2D eigenvalue weighted by atomic mass is 10.2. The van der Waals surface area contributed by atoms with Crippen LogP contribution in [-0.2, 0) is 0 Å². The minimum atomic E-state index is 0.434. The van der Waals surface area contributed by atoms with Crippen molar-refractivity contribution in [1.29, 1.82) is 0 Å².